The second-order valence-electron chi connectivity index (χ2n) is 4.41. The first-order chi connectivity index (χ1) is 7.24. The lowest BCUT2D eigenvalue weighted by Crippen LogP contribution is -2.49. The van der Waals surface area contributed by atoms with Crippen LogP contribution in [0.15, 0.2) is 22.9 Å². The quantitative estimate of drug-likeness (QED) is 0.789. The summed E-state index contributed by atoms with van der Waals surface area (Å²) in [5.74, 6) is 0.768. The maximum absolute atomic E-state index is 4.35. The van der Waals surface area contributed by atoms with Crippen molar-refractivity contribution in [3.63, 3.8) is 0 Å². The number of hydrogen-bond acceptors (Lipinski definition) is 2. The summed E-state index contributed by atoms with van der Waals surface area (Å²) in [6.45, 7) is 3.24. The molecule has 1 saturated heterocycles. The highest BCUT2D eigenvalue weighted by molar-refractivity contribution is 9.10. The zero-order valence-electron chi connectivity index (χ0n) is 8.63. The number of nitrogens with zero attached hydrogens (tertiary/aromatic N) is 1. The number of nitrogens with one attached hydrogen (secondary N) is 1. The molecular formula is C12H13BrN2. The Kier molecular flexibility index (Phi) is 2.18. The van der Waals surface area contributed by atoms with Gasteiger partial charge in [-0.15, -0.1) is 0 Å². The van der Waals surface area contributed by atoms with Gasteiger partial charge in [-0.3, -0.25) is 0 Å². The molecule has 2 aliphatic rings. The van der Waals surface area contributed by atoms with Crippen LogP contribution >= 0.6 is 15.9 Å². The van der Waals surface area contributed by atoms with Gasteiger partial charge in [0.05, 0.1) is 0 Å². The van der Waals surface area contributed by atoms with Crippen LogP contribution in [0.4, 0.5) is 0 Å². The van der Waals surface area contributed by atoms with Crippen molar-refractivity contribution in [2.75, 3.05) is 6.54 Å². The molecule has 2 heterocycles. The average Bonchev–Trinajstić information content (AvgIpc) is 2.48. The fraction of sp³-hybridized carbons (Fsp3) is 0.417. The van der Waals surface area contributed by atoms with E-state index in [1.165, 1.54) is 16.7 Å². The molecule has 15 heavy (non-hydrogen) atoms. The van der Waals surface area contributed by atoms with E-state index in [1.54, 1.807) is 0 Å². The summed E-state index contributed by atoms with van der Waals surface area (Å²) in [4.78, 5) is 4.35. The van der Waals surface area contributed by atoms with Gasteiger partial charge >= 0.3 is 0 Å². The van der Waals surface area contributed by atoms with Crippen LogP contribution in [0.3, 0.4) is 0 Å². The molecule has 1 N–H and O–H groups in total. The molecule has 0 aromatic carbocycles. The lowest BCUT2D eigenvalue weighted by atomic mass is 9.95. The van der Waals surface area contributed by atoms with Gasteiger partial charge in [0.15, 0.2) is 0 Å². The minimum absolute atomic E-state index is 0.698. The second kappa shape index (κ2) is 3.42. The summed E-state index contributed by atoms with van der Waals surface area (Å²) < 4.78 is 0.950. The number of pyridine rings is 1. The lowest BCUT2D eigenvalue weighted by molar-refractivity contribution is 0.306. The van der Waals surface area contributed by atoms with Gasteiger partial charge in [0.25, 0.3) is 0 Å². The summed E-state index contributed by atoms with van der Waals surface area (Å²) >= 11 is 3.43. The molecule has 0 amide bonds. The van der Waals surface area contributed by atoms with Crippen molar-refractivity contribution in [1.82, 2.24) is 10.3 Å². The smallest absolute Gasteiger partial charge is 0.109 e. The summed E-state index contributed by atoms with van der Waals surface area (Å²) in [6, 6.07) is 2.91. The molecule has 3 rings (SSSR count). The number of halogens is 1. The van der Waals surface area contributed by atoms with Crippen molar-refractivity contribution in [2.45, 2.75) is 19.4 Å². The van der Waals surface area contributed by atoms with Gasteiger partial charge in [-0.25, -0.2) is 4.98 Å². The van der Waals surface area contributed by atoms with Crippen LogP contribution in [0.2, 0.25) is 0 Å². The third kappa shape index (κ3) is 1.54. The topological polar surface area (TPSA) is 24.9 Å². The second-order valence-corrected chi connectivity index (χ2v) is 5.16. The number of aryl methyl sites for hydroxylation is 1. The van der Waals surface area contributed by atoms with Gasteiger partial charge in [0, 0.05) is 24.7 Å². The van der Waals surface area contributed by atoms with Gasteiger partial charge in [-0.05, 0) is 52.0 Å². The summed E-state index contributed by atoms with van der Waals surface area (Å²) in [5, 5.41) is 3.45. The van der Waals surface area contributed by atoms with Crippen molar-refractivity contribution >= 4 is 21.5 Å². The standard InChI is InChI=1S/C12H13BrN2/c1-7-2-9(5-15-12(7)13)8-3-10-6-14-11(10)4-8/h2-3,5,10-11,14H,4,6H2,1H3. The van der Waals surface area contributed by atoms with Crippen molar-refractivity contribution in [3.05, 3.63) is 34.1 Å². The fourth-order valence-corrected chi connectivity index (χ4v) is 2.55. The molecule has 2 atom stereocenters. The minimum atomic E-state index is 0.698. The SMILES string of the molecule is Cc1cc(C2=CC3CNC3C2)cnc1Br. The molecule has 0 radical (unpaired) electrons. The van der Waals surface area contributed by atoms with E-state index in [0.717, 1.165) is 23.5 Å². The molecule has 78 valence electrons. The van der Waals surface area contributed by atoms with E-state index < -0.39 is 0 Å². The van der Waals surface area contributed by atoms with E-state index in [-0.39, 0.29) is 0 Å². The molecule has 1 aromatic rings. The Hall–Kier alpha value is -0.670. The van der Waals surface area contributed by atoms with Crippen LogP contribution in [0, 0.1) is 12.8 Å². The van der Waals surface area contributed by atoms with Gasteiger partial charge in [-0.1, -0.05) is 6.08 Å². The molecule has 3 heteroatoms. The van der Waals surface area contributed by atoms with Crippen molar-refractivity contribution in [1.29, 1.82) is 0 Å². The molecule has 1 fully saturated rings. The molecule has 1 aromatic heterocycles. The third-order valence-electron chi connectivity index (χ3n) is 3.37. The maximum Gasteiger partial charge on any atom is 0.109 e. The first-order valence-electron chi connectivity index (χ1n) is 5.30. The van der Waals surface area contributed by atoms with Crippen LogP contribution in [0.5, 0.6) is 0 Å². The highest BCUT2D eigenvalue weighted by atomic mass is 79.9. The normalized spacial score (nSPS) is 28.3. The molecule has 0 spiro atoms. The van der Waals surface area contributed by atoms with Crippen LogP contribution in [-0.2, 0) is 0 Å². The number of fused-ring (bicyclic) bond motifs is 1. The monoisotopic (exact) mass is 264 g/mol. The highest BCUT2D eigenvalue weighted by Crippen LogP contribution is 2.36. The molecule has 1 aliphatic carbocycles. The Morgan fingerprint density at radius 3 is 2.93 bits per heavy atom. The van der Waals surface area contributed by atoms with E-state index in [9.17, 15) is 0 Å². The maximum atomic E-state index is 4.35. The Morgan fingerprint density at radius 2 is 2.40 bits per heavy atom. The Bertz CT molecular complexity index is 439. The first-order valence-corrected chi connectivity index (χ1v) is 6.10. The minimum Gasteiger partial charge on any atom is -0.312 e. The van der Waals surface area contributed by atoms with Crippen molar-refractivity contribution in [3.8, 4) is 0 Å². The first kappa shape index (κ1) is 9.55. The van der Waals surface area contributed by atoms with E-state index in [1.807, 2.05) is 6.20 Å². The fourth-order valence-electron chi connectivity index (χ4n) is 2.33. The predicted molar refractivity (Wildman–Crippen MR) is 64.5 cm³/mol. The average molecular weight is 265 g/mol. The molecule has 0 saturated carbocycles. The Labute approximate surface area is 97.9 Å². The molecular weight excluding hydrogens is 252 g/mol. The summed E-state index contributed by atoms with van der Waals surface area (Å²) in [7, 11) is 0. The summed E-state index contributed by atoms with van der Waals surface area (Å²) in [6.07, 6.45) is 5.53. The van der Waals surface area contributed by atoms with Crippen LogP contribution in [-0.4, -0.2) is 17.6 Å². The largest absolute Gasteiger partial charge is 0.312 e. The third-order valence-corrected chi connectivity index (χ3v) is 4.20. The number of hydrogen-bond donors (Lipinski definition) is 1. The van der Waals surface area contributed by atoms with E-state index in [2.05, 4.69) is 45.3 Å². The van der Waals surface area contributed by atoms with Crippen LogP contribution in [0.25, 0.3) is 5.57 Å². The van der Waals surface area contributed by atoms with E-state index >= 15 is 0 Å². The zero-order chi connectivity index (χ0) is 10.4. The van der Waals surface area contributed by atoms with E-state index in [4.69, 9.17) is 0 Å². The number of rotatable bonds is 1. The molecule has 2 unspecified atom stereocenters. The van der Waals surface area contributed by atoms with Crippen LogP contribution in [0.1, 0.15) is 17.5 Å². The lowest BCUT2D eigenvalue weighted by Gasteiger charge is -2.31. The molecule has 1 aliphatic heterocycles. The predicted octanol–water partition coefficient (Wildman–Crippen LogP) is 2.53. The Morgan fingerprint density at radius 1 is 1.53 bits per heavy atom. The van der Waals surface area contributed by atoms with E-state index in [0.29, 0.717) is 6.04 Å². The van der Waals surface area contributed by atoms with Crippen molar-refractivity contribution in [2.24, 2.45) is 5.92 Å². The number of aromatic nitrogens is 1. The molecule has 2 nitrogen and oxygen atoms in total. The van der Waals surface area contributed by atoms with Gasteiger partial charge in [0.2, 0.25) is 0 Å². The summed E-state index contributed by atoms with van der Waals surface area (Å²) in [5.41, 5.74) is 3.95. The van der Waals surface area contributed by atoms with Gasteiger partial charge in [0.1, 0.15) is 4.60 Å². The van der Waals surface area contributed by atoms with Gasteiger partial charge < -0.3 is 5.32 Å². The molecule has 0 bridgehead atoms. The van der Waals surface area contributed by atoms with Crippen LogP contribution < -0.4 is 5.32 Å². The Balaban J connectivity index is 1.93. The zero-order valence-corrected chi connectivity index (χ0v) is 10.2. The van der Waals surface area contributed by atoms with Crippen molar-refractivity contribution < 1.29 is 0 Å². The highest BCUT2D eigenvalue weighted by Gasteiger charge is 2.34. The van der Waals surface area contributed by atoms with Gasteiger partial charge in [-0.2, -0.15) is 0 Å².